The molecule has 2 rings (SSSR count). The lowest BCUT2D eigenvalue weighted by atomic mass is 9.99. The lowest BCUT2D eigenvalue weighted by Gasteiger charge is -2.41. The molecule has 11 atom stereocenters. The van der Waals surface area contributed by atoms with E-state index in [0.29, 0.717) is 0 Å². The molecule has 16 nitrogen and oxygen atoms in total. The fourth-order valence-corrected chi connectivity index (χ4v) is 3.80. The second-order valence-corrected chi connectivity index (χ2v) is 7.50. The van der Waals surface area contributed by atoms with Crippen molar-refractivity contribution >= 4 is 19.8 Å². The maximum atomic E-state index is 12.2. The predicted octanol–water partition coefficient (Wildman–Crippen LogP) is -5.10. The molecule has 2 fully saturated rings. The average Bonchev–Trinajstić information content (AvgIpc) is 2.61. The zero-order valence-electron chi connectivity index (χ0n) is 14.1. The summed E-state index contributed by atoms with van der Waals surface area (Å²) in [5.74, 6) is -3.63. The summed E-state index contributed by atoms with van der Waals surface area (Å²) < 4.78 is 30.1. The first-order chi connectivity index (χ1) is 13.3. The van der Waals surface area contributed by atoms with Gasteiger partial charge in [-0.3, -0.25) is 9.05 Å². The number of rotatable bonds is 6. The Kier molecular flexibility index (Phi) is 7.32. The molecule has 17 heteroatoms. The van der Waals surface area contributed by atoms with E-state index in [9.17, 15) is 49.7 Å². The van der Waals surface area contributed by atoms with Crippen LogP contribution in [0.25, 0.3) is 0 Å². The first-order valence-electron chi connectivity index (χ1n) is 7.81. The SMILES string of the molecule is O=C(O)C1OC(O)C(O)[C@H](O)[C@@H]1OP(=O)(O)OC1C(O)OC(C(=O)O)[C@H](O)[C@@H]1O. The third-order valence-corrected chi connectivity index (χ3v) is 5.14. The zero-order chi connectivity index (χ0) is 22.3. The van der Waals surface area contributed by atoms with E-state index >= 15 is 0 Å². The van der Waals surface area contributed by atoms with E-state index < -0.39 is 81.2 Å². The standard InChI is InChI=1S/C12H19O16P/c13-1-2(14)7(12(22)25-6(1)9(17)18)28-29(23,24)27-5-3(15)4(16)11(21)26-8(5)10(19)20/h1-8,11-16,21-22H,(H,17,18)(H,19,20)(H,23,24)/t1-,2+,3+,4?,5+,6?,7?,8?,11?,12?/m1/s1. The number of hydrogen-bond donors (Lipinski definition) is 9. The molecule has 0 spiro atoms. The third kappa shape index (κ3) is 5.08. The van der Waals surface area contributed by atoms with Gasteiger partial charge in [-0.1, -0.05) is 0 Å². The lowest BCUT2D eigenvalue weighted by Crippen LogP contribution is -2.61. The van der Waals surface area contributed by atoms with Gasteiger partial charge in [-0.2, -0.15) is 0 Å². The summed E-state index contributed by atoms with van der Waals surface area (Å²) >= 11 is 0. The van der Waals surface area contributed by atoms with Gasteiger partial charge in [-0.15, -0.1) is 0 Å². The number of carboxylic acid groups (broad SMARTS) is 2. The van der Waals surface area contributed by atoms with Crippen molar-refractivity contribution in [3.63, 3.8) is 0 Å². The molecule has 29 heavy (non-hydrogen) atoms. The molecule has 2 heterocycles. The highest BCUT2D eigenvalue weighted by molar-refractivity contribution is 7.47. The Morgan fingerprint density at radius 3 is 1.66 bits per heavy atom. The monoisotopic (exact) mass is 450 g/mol. The molecule has 0 aromatic heterocycles. The number of aliphatic carboxylic acids is 2. The van der Waals surface area contributed by atoms with Crippen LogP contribution in [0.2, 0.25) is 0 Å². The molecule has 0 bridgehead atoms. The van der Waals surface area contributed by atoms with Crippen LogP contribution in [0.4, 0.5) is 0 Å². The second-order valence-electron chi connectivity index (χ2n) is 6.14. The summed E-state index contributed by atoms with van der Waals surface area (Å²) in [5.41, 5.74) is 0. The van der Waals surface area contributed by atoms with Gasteiger partial charge in [0.1, 0.15) is 36.6 Å². The van der Waals surface area contributed by atoms with Crippen LogP contribution in [0.1, 0.15) is 0 Å². The summed E-state index contributed by atoms with van der Waals surface area (Å²) in [7, 11) is -5.49. The van der Waals surface area contributed by atoms with Crippen molar-refractivity contribution in [2.75, 3.05) is 0 Å². The van der Waals surface area contributed by atoms with E-state index in [2.05, 4.69) is 18.5 Å². The molecule has 0 aromatic rings. The van der Waals surface area contributed by atoms with Crippen LogP contribution in [-0.4, -0.2) is 119 Å². The molecule has 0 radical (unpaired) electrons. The molecule has 7 unspecified atom stereocenters. The first kappa shape index (κ1) is 24.0. The van der Waals surface area contributed by atoms with Crippen molar-refractivity contribution in [1.82, 2.24) is 0 Å². The number of carboxylic acids is 2. The highest BCUT2D eigenvalue weighted by Gasteiger charge is 2.54. The number of aliphatic hydroxyl groups is 6. The van der Waals surface area contributed by atoms with Crippen molar-refractivity contribution in [2.45, 2.75) is 61.4 Å². The van der Waals surface area contributed by atoms with E-state index in [0.717, 1.165) is 0 Å². The average molecular weight is 450 g/mol. The van der Waals surface area contributed by atoms with Crippen molar-refractivity contribution in [2.24, 2.45) is 0 Å². The normalized spacial score (nSPS) is 45.3. The number of ether oxygens (including phenoxy) is 2. The van der Waals surface area contributed by atoms with Gasteiger partial charge < -0.3 is 55.2 Å². The molecule has 0 aliphatic carbocycles. The van der Waals surface area contributed by atoms with Crippen LogP contribution in [-0.2, 0) is 32.7 Å². The van der Waals surface area contributed by atoms with Crippen LogP contribution in [0.3, 0.4) is 0 Å². The number of aliphatic hydroxyl groups excluding tert-OH is 6. The second kappa shape index (κ2) is 8.84. The maximum Gasteiger partial charge on any atom is 0.473 e. The zero-order valence-corrected chi connectivity index (χ0v) is 15.0. The summed E-state index contributed by atoms with van der Waals surface area (Å²) in [6.07, 6.45) is -22.2. The van der Waals surface area contributed by atoms with Crippen molar-refractivity contribution in [3.8, 4) is 0 Å². The molecular weight excluding hydrogens is 431 g/mol. The quantitative estimate of drug-likeness (QED) is 0.171. The Labute approximate surface area is 160 Å². The molecule has 2 aliphatic rings. The molecule has 0 amide bonds. The minimum Gasteiger partial charge on any atom is -0.479 e. The summed E-state index contributed by atoms with van der Waals surface area (Å²) in [6.45, 7) is 0. The summed E-state index contributed by atoms with van der Waals surface area (Å²) in [5, 5.41) is 75.8. The third-order valence-electron chi connectivity index (χ3n) is 4.12. The lowest BCUT2D eigenvalue weighted by molar-refractivity contribution is -0.285. The van der Waals surface area contributed by atoms with Crippen LogP contribution < -0.4 is 0 Å². The molecule has 2 saturated heterocycles. The summed E-state index contributed by atoms with van der Waals surface area (Å²) in [4.78, 5) is 31.9. The van der Waals surface area contributed by atoms with Gasteiger partial charge in [0.05, 0.1) is 0 Å². The van der Waals surface area contributed by atoms with E-state index in [1.54, 1.807) is 0 Å². The van der Waals surface area contributed by atoms with Crippen LogP contribution in [0, 0.1) is 0 Å². The minimum absolute atomic E-state index is 1.77. The molecule has 9 N–H and O–H groups in total. The van der Waals surface area contributed by atoms with Gasteiger partial charge in [0, 0.05) is 0 Å². The predicted molar refractivity (Wildman–Crippen MR) is 80.6 cm³/mol. The number of carbonyl (C=O) groups is 2. The van der Waals surface area contributed by atoms with Gasteiger partial charge in [-0.25, -0.2) is 14.2 Å². The van der Waals surface area contributed by atoms with Gasteiger partial charge >= 0.3 is 19.8 Å². The highest BCUT2D eigenvalue weighted by atomic mass is 31.2. The van der Waals surface area contributed by atoms with Crippen molar-refractivity contribution < 1.29 is 78.4 Å². The molecule has 168 valence electrons. The largest absolute Gasteiger partial charge is 0.479 e. The van der Waals surface area contributed by atoms with Crippen LogP contribution in [0.15, 0.2) is 0 Å². The summed E-state index contributed by atoms with van der Waals surface area (Å²) in [6, 6.07) is 0. The van der Waals surface area contributed by atoms with E-state index in [1.807, 2.05) is 0 Å². The van der Waals surface area contributed by atoms with Gasteiger partial charge in [0.25, 0.3) is 0 Å². The Morgan fingerprint density at radius 2 is 1.14 bits per heavy atom. The van der Waals surface area contributed by atoms with Crippen LogP contribution >= 0.6 is 7.82 Å². The molecule has 0 saturated carbocycles. The first-order valence-corrected chi connectivity index (χ1v) is 9.31. The Morgan fingerprint density at radius 1 is 0.690 bits per heavy atom. The number of phosphoric ester groups is 1. The van der Waals surface area contributed by atoms with Gasteiger partial charge in [0.2, 0.25) is 0 Å². The number of hydrogen-bond acceptors (Lipinski definition) is 13. The fourth-order valence-electron chi connectivity index (χ4n) is 2.67. The van der Waals surface area contributed by atoms with Gasteiger partial charge in [0.15, 0.2) is 24.8 Å². The molecular formula is C12H19O16P. The Bertz CT molecular complexity index is 670. The van der Waals surface area contributed by atoms with E-state index in [-0.39, 0.29) is 0 Å². The van der Waals surface area contributed by atoms with Crippen LogP contribution in [0.5, 0.6) is 0 Å². The van der Waals surface area contributed by atoms with E-state index in [4.69, 9.17) is 10.2 Å². The smallest absolute Gasteiger partial charge is 0.473 e. The molecule has 0 aromatic carbocycles. The van der Waals surface area contributed by atoms with Crippen molar-refractivity contribution in [1.29, 1.82) is 0 Å². The fraction of sp³-hybridized carbons (Fsp3) is 0.833. The minimum atomic E-state index is -5.49. The Hall–Kier alpha value is -1.27. The van der Waals surface area contributed by atoms with E-state index in [1.165, 1.54) is 0 Å². The highest BCUT2D eigenvalue weighted by Crippen LogP contribution is 2.49. The topological polar surface area (TPSA) is 270 Å². The Balaban J connectivity index is 2.17. The number of phosphoric acid groups is 1. The van der Waals surface area contributed by atoms with Crippen molar-refractivity contribution in [3.05, 3.63) is 0 Å². The molecule has 2 aliphatic heterocycles. The maximum absolute atomic E-state index is 12.2. The van der Waals surface area contributed by atoms with Gasteiger partial charge in [-0.05, 0) is 0 Å².